The summed E-state index contributed by atoms with van der Waals surface area (Å²) in [7, 11) is 0. The van der Waals surface area contributed by atoms with Gasteiger partial charge < -0.3 is 0 Å². The van der Waals surface area contributed by atoms with Crippen molar-refractivity contribution in [3.8, 4) is 11.4 Å². The van der Waals surface area contributed by atoms with Gasteiger partial charge in [0, 0.05) is 11.3 Å². The molecule has 88 valence electrons. The predicted octanol–water partition coefficient (Wildman–Crippen LogP) is 4.19. The summed E-state index contributed by atoms with van der Waals surface area (Å²) in [5, 5.41) is 0. The van der Waals surface area contributed by atoms with E-state index in [1.54, 1.807) is 0 Å². The van der Waals surface area contributed by atoms with Gasteiger partial charge in [0.1, 0.15) is 5.82 Å². The van der Waals surface area contributed by atoms with E-state index < -0.39 is 0 Å². The Morgan fingerprint density at radius 2 is 1.67 bits per heavy atom. The lowest BCUT2D eigenvalue weighted by atomic mass is 10.2. The molecule has 0 N–H and O–H groups in total. The highest BCUT2D eigenvalue weighted by Gasteiger charge is 2.11. The van der Waals surface area contributed by atoms with Gasteiger partial charge in [0.15, 0.2) is 0 Å². The number of benzene rings is 2. The molecule has 2 nitrogen and oxygen atoms in total. The highest BCUT2D eigenvalue weighted by atomic mass is 15.1. The Bertz CT molecular complexity index is 708. The molecule has 0 unspecified atom stereocenters. The van der Waals surface area contributed by atoms with Gasteiger partial charge in [-0.2, -0.15) is 0 Å². The molecule has 0 saturated heterocycles. The van der Waals surface area contributed by atoms with Crippen LogP contribution in [0, 0.1) is 0 Å². The van der Waals surface area contributed by atoms with Crippen LogP contribution in [-0.2, 0) is 0 Å². The normalized spacial score (nSPS) is 10.7. The van der Waals surface area contributed by atoms with E-state index in [0.29, 0.717) is 0 Å². The second-order valence-corrected chi connectivity index (χ2v) is 4.36. The smallest absolute Gasteiger partial charge is 0.145 e. The van der Waals surface area contributed by atoms with Crippen molar-refractivity contribution in [1.82, 2.24) is 9.55 Å². The number of hydrogen-bond donors (Lipinski definition) is 0. The van der Waals surface area contributed by atoms with Gasteiger partial charge in [0.25, 0.3) is 0 Å². The summed E-state index contributed by atoms with van der Waals surface area (Å²) >= 11 is 0. The van der Waals surface area contributed by atoms with Crippen LogP contribution in [0.15, 0.2) is 61.2 Å². The third-order valence-corrected chi connectivity index (χ3v) is 2.97. The molecule has 0 aliphatic carbocycles. The van der Waals surface area contributed by atoms with Crippen molar-refractivity contribution in [2.45, 2.75) is 6.92 Å². The summed E-state index contributed by atoms with van der Waals surface area (Å²) in [6, 6.07) is 18.3. The molecule has 0 spiro atoms. The monoisotopic (exact) mass is 234 g/mol. The molecule has 0 fully saturated rings. The minimum absolute atomic E-state index is 0.948. The van der Waals surface area contributed by atoms with E-state index >= 15 is 0 Å². The van der Waals surface area contributed by atoms with E-state index in [-0.39, 0.29) is 0 Å². The summed E-state index contributed by atoms with van der Waals surface area (Å²) in [4.78, 5) is 4.71. The van der Waals surface area contributed by atoms with E-state index in [4.69, 9.17) is 4.98 Å². The van der Waals surface area contributed by atoms with Crippen LogP contribution in [0.4, 0.5) is 0 Å². The molecule has 1 heterocycles. The first kappa shape index (κ1) is 10.8. The van der Waals surface area contributed by atoms with Crippen molar-refractivity contribution in [3.63, 3.8) is 0 Å². The summed E-state index contributed by atoms with van der Waals surface area (Å²) < 4.78 is 2.10. The van der Waals surface area contributed by atoms with Crippen LogP contribution in [0.1, 0.15) is 6.92 Å². The maximum absolute atomic E-state index is 4.71. The number of para-hydroxylation sites is 2. The second-order valence-electron chi connectivity index (χ2n) is 4.36. The zero-order valence-corrected chi connectivity index (χ0v) is 10.3. The number of rotatable bonds is 2. The molecule has 0 radical (unpaired) electrons. The summed E-state index contributed by atoms with van der Waals surface area (Å²) in [6.07, 6.45) is 0. The first-order valence-electron chi connectivity index (χ1n) is 5.96. The predicted molar refractivity (Wildman–Crippen MR) is 76.2 cm³/mol. The number of nitrogens with zero attached hydrogens (tertiary/aromatic N) is 2. The molecule has 0 aliphatic rings. The van der Waals surface area contributed by atoms with Gasteiger partial charge in [-0.3, -0.25) is 4.57 Å². The molecule has 3 rings (SSSR count). The molecule has 3 aromatic rings. The highest BCUT2D eigenvalue weighted by molar-refractivity contribution is 5.84. The van der Waals surface area contributed by atoms with Crippen LogP contribution < -0.4 is 0 Å². The molecule has 0 atom stereocenters. The zero-order valence-electron chi connectivity index (χ0n) is 10.3. The average molecular weight is 234 g/mol. The number of hydrogen-bond acceptors (Lipinski definition) is 1. The van der Waals surface area contributed by atoms with E-state index in [0.717, 1.165) is 28.1 Å². The molecule has 2 heteroatoms. The Balaban J connectivity index is 2.36. The standard InChI is InChI=1S/C16H14N2/c1-12(2)18-15-11-7-6-10-14(15)17-16(18)13-8-4-3-5-9-13/h3-11H,1H2,2H3. The minimum Gasteiger partial charge on any atom is -0.297 e. The molecule has 2 aromatic carbocycles. The fraction of sp³-hybridized carbons (Fsp3) is 0.0625. The average Bonchev–Trinajstić information content (AvgIpc) is 2.79. The van der Waals surface area contributed by atoms with E-state index in [1.165, 1.54) is 0 Å². The van der Waals surface area contributed by atoms with Crippen LogP contribution in [0.2, 0.25) is 0 Å². The Kier molecular flexibility index (Phi) is 2.49. The second kappa shape index (κ2) is 4.15. The van der Waals surface area contributed by atoms with Crippen molar-refractivity contribution in [2.75, 3.05) is 0 Å². The molecule has 0 aliphatic heterocycles. The lowest BCUT2D eigenvalue weighted by molar-refractivity contribution is 1.13. The highest BCUT2D eigenvalue weighted by Crippen LogP contribution is 2.27. The van der Waals surface area contributed by atoms with E-state index in [9.17, 15) is 0 Å². The zero-order chi connectivity index (χ0) is 12.5. The van der Waals surface area contributed by atoms with E-state index in [1.807, 2.05) is 43.3 Å². The summed E-state index contributed by atoms with van der Waals surface area (Å²) in [6.45, 7) is 6.06. The topological polar surface area (TPSA) is 17.8 Å². The van der Waals surface area contributed by atoms with Crippen molar-refractivity contribution in [3.05, 3.63) is 61.2 Å². The Morgan fingerprint density at radius 1 is 1.00 bits per heavy atom. The fourth-order valence-corrected chi connectivity index (χ4v) is 2.19. The van der Waals surface area contributed by atoms with Crippen molar-refractivity contribution >= 4 is 16.7 Å². The first-order valence-corrected chi connectivity index (χ1v) is 5.96. The van der Waals surface area contributed by atoms with Gasteiger partial charge in [0.2, 0.25) is 0 Å². The first-order chi connectivity index (χ1) is 8.77. The minimum atomic E-state index is 0.948. The van der Waals surface area contributed by atoms with Gasteiger partial charge in [0.05, 0.1) is 11.0 Å². The largest absolute Gasteiger partial charge is 0.297 e. The molecule has 1 aromatic heterocycles. The van der Waals surface area contributed by atoms with Crippen LogP contribution in [0.3, 0.4) is 0 Å². The summed E-state index contributed by atoms with van der Waals surface area (Å²) in [5.41, 5.74) is 4.18. The molecular formula is C16H14N2. The van der Waals surface area contributed by atoms with Gasteiger partial charge in [-0.1, -0.05) is 49.0 Å². The SMILES string of the molecule is C=C(C)n1c(-c2ccccc2)nc2ccccc21. The lowest BCUT2D eigenvalue weighted by Crippen LogP contribution is -1.95. The van der Waals surface area contributed by atoms with Crippen molar-refractivity contribution in [2.24, 2.45) is 0 Å². The van der Waals surface area contributed by atoms with Gasteiger partial charge in [-0.25, -0.2) is 4.98 Å². The lowest BCUT2D eigenvalue weighted by Gasteiger charge is -2.07. The number of imidazole rings is 1. The van der Waals surface area contributed by atoms with Crippen molar-refractivity contribution in [1.29, 1.82) is 0 Å². The third-order valence-electron chi connectivity index (χ3n) is 2.97. The molecule has 0 amide bonds. The van der Waals surface area contributed by atoms with Gasteiger partial charge in [-0.15, -0.1) is 0 Å². The summed E-state index contributed by atoms with van der Waals surface area (Å²) in [5.74, 6) is 0.948. The maximum atomic E-state index is 4.71. The van der Waals surface area contributed by atoms with Crippen LogP contribution >= 0.6 is 0 Å². The number of allylic oxidation sites excluding steroid dienone is 1. The van der Waals surface area contributed by atoms with Gasteiger partial charge in [-0.05, 0) is 19.1 Å². The third kappa shape index (κ3) is 1.63. The van der Waals surface area contributed by atoms with Crippen LogP contribution in [0.25, 0.3) is 28.1 Å². The molecule has 0 bridgehead atoms. The Hall–Kier alpha value is -2.35. The molecule has 0 saturated carbocycles. The fourth-order valence-electron chi connectivity index (χ4n) is 2.19. The van der Waals surface area contributed by atoms with Gasteiger partial charge >= 0.3 is 0 Å². The Labute approximate surface area is 106 Å². The Morgan fingerprint density at radius 3 is 2.39 bits per heavy atom. The number of aromatic nitrogens is 2. The molecule has 18 heavy (non-hydrogen) atoms. The maximum Gasteiger partial charge on any atom is 0.145 e. The van der Waals surface area contributed by atoms with Crippen LogP contribution in [-0.4, -0.2) is 9.55 Å². The number of fused-ring (bicyclic) bond motifs is 1. The quantitative estimate of drug-likeness (QED) is 0.650. The molecular weight excluding hydrogens is 220 g/mol. The van der Waals surface area contributed by atoms with Crippen LogP contribution in [0.5, 0.6) is 0 Å². The van der Waals surface area contributed by atoms with E-state index in [2.05, 4.69) is 29.3 Å². The van der Waals surface area contributed by atoms with Crippen molar-refractivity contribution < 1.29 is 0 Å².